The highest BCUT2D eigenvalue weighted by atomic mass is 16.6. The van der Waals surface area contributed by atoms with Gasteiger partial charge in [-0.05, 0) is 24.3 Å². The van der Waals surface area contributed by atoms with Gasteiger partial charge in [0.25, 0.3) is 0 Å². The number of ether oxygens (including phenoxy) is 2. The number of anilines is 1. The molecule has 1 amide bonds. The monoisotopic (exact) mass is 236 g/mol. The average molecular weight is 236 g/mol. The molecule has 0 radical (unpaired) electrons. The molecule has 0 spiro atoms. The van der Waals surface area contributed by atoms with Crippen LogP contribution in [0.5, 0.6) is 5.75 Å². The Bertz CT molecular complexity index is 391. The third kappa shape index (κ3) is 2.34. The number of rotatable bonds is 3. The highest BCUT2D eigenvalue weighted by molar-refractivity contribution is 5.89. The predicted octanol–water partition coefficient (Wildman–Crippen LogP) is 1.37. The quantitative estimate of drug-likeness (QED) is 0.860. The molecule has 1 aromatic carbocycles. The van der Waals surface area contributed by atoms with Gasteiger partial charge in [0.05, 0.1) is 19.8 Å². The van der Waals surface area contributed by atoms with E-state index in [1.54, 1.807) is 12.0 Å². The Labute approximate surface area is 100 Å². The van der Waals surface area contributed by atoms with Gasteiger partial charge in [-0.15, -0.1) is 0 Å². The van der Waals surface area contributed by atoms with Crippen molar-refractivity contribution >= 4 is 11.8 Å². The lowest BCUT2D eigenvalue weighted by atomic mass is 10.1. The zero-order valence-corrected chi connectivity index (χ0v) is 9.76. The highest BCUT2D eigenvalue weighted by Gasteiger charge is 2.29. The summed E-state index contributed by atoms with van der Waals surface area (Å²) in [6, 6.07) is 7.28. The van der Waals surface area contributed by atoms with E-state index >= 15 is 0 Å². The van der Waals surface area contributed by atoms with Crippen molar-refractivity contribution in [3.63, 3.8) is 0 Å². The van der Waals surface area contributed by atoms with Crippen molar-refractivity contribution in [2.24, 2.45) is 5.73 Å². The van der Waals surface area contributed by atoms with Crippen LogP contribution in [0.15, 0.2) is 24.3 Å². The number of benzene rings is 1. The largest absolute Gasteiger partial charge is 0.497 e. The van der Waals surface area contributed by atoms with Crippen molar-refractivity contribution in [3.8, 4) is 5.75 Å². The fourth-order valence-corrected chi connectivity index (χ4v) is 1.91. The topological polar surface area (TPSA) is 64.8 Å². The lowest BCUT2D eigenvalue weighted by Gasteiger charge is -2.34. The molecule has 0 bridgehead atoms. The van der Waals surface area contributed by atoms with Crippen LogP contribution in [-0.2, 0) is 4.74 Å². The van der Waals surface area contributed by atoms with Crippen LogP contribution in [-0.4, -0.2) is 32.4 Å². The van der Waals surface area contributed by atoms with E-state index in [-0.39, 0.29) is 12.1 Å². The minimum Gasteiger partial charge on any atom is -0.497 e. The third-order valence-electron chi connectivity index (χ3n) is 2.86. The molecule has 17 heavy (non-hydrogen) atoms. The molecule has 1 aromatic rings. The van der Waals surface area contributed by atoms with E-state index in [1.807, 2.05) is 24.3 Å². The van der Waals surface area contributed by atoms with E-state index in [0.29, 0.717) is 13.2 Å². The van der Waals surface area contributed by atoms with E-state index in [4.69, 9.17) is 15.2 Å². The number of hydrogen-bond acceptors (Lipinski definition) is 4. The van der Waals surface area contributed by atoms with Gasteiger partial charge in [-0.25, -0.2) is 4.79 Å². The van der Waals surface area contributed by atoms with Gasteiger partial charge in [-0.2, -0.15) is 0 Å². The molecule has 1 fully saturated rings. The molecule has 2 N–H and O–H groups in total. The zero-order chi connectivity index (χ0) is 12.3. The predicted molar refractivity (Wildman–Crippen MR) is 64.3 cm³/mol. The first kappa shape index (κ1) is 11.7. The van der Waals surface area contributed by atoms with E-state index in [1.165, 1.54) is 0 Å². The lowest BCUT2D eigenvalue weighted by Crippen LogP contribution is -2.49. The minimum atomic E-state index is -0.336. The molecule has 2 rings (SSSR count). The van der Waals surface area contributed by atoms with Gasteiger partial charge < -0.3 is 15.2 Å². The Balaban J connectivity index is 2.25. The molecule has 0 saturated carbocycles. The molecule has 5 heteroatoms. The van der Waals surface area contributed by atoms with E-state index in [0.717, 1.165) is 17.9 Å². The van der Waals surface area contributed by atoms with Gasteiger partial charge in [0.2, 0.25) is 0 Å². The minimum absolute atomic E-state index is 0.00430. The zero-order valence-electron chi connectivity index (χ0n) is 9.76. The Morgan fingerprint density at radius 3 is 2.76 bits per heavy atom. The Kier molecular flexibility index (Phi) is 3.49. The Morgan fingerprint density at radius 2 is 2.18 bits per heavy atom. The third-order valence-corrected chi connectivity index (χ3v) is 2.86. The summed E-state index contributed by atoms with van der Waals surface area (Å²) < 4.78 is 10.1. The molecule has 92 valence electrons. The van der Waals surface area contributed by atoms with Crippen molar-refractivity contribution in [2.45, 2.75) is 12.5 Å². The summed E-state index contributed by atoms with van der Waals surface area (Å²) in [5.41, 5.74) is 6.46. The molecule has 1 aliphatic heterocycles. The fourth-order valence-electron chi connectivity index (χ4n) is 1.91. The summed E-state index contributed by atoms with van der Waals surface area (Å²) in [6.07, 6.45) is 0.422. The van der Waals surface area contributed by atoms with Gasteiger partial charge in [0.1, 0.15) is 5.75 Å². The maximum absolute atomic E-state index is 11.7. The molecular weight excluding hydrogens is 220 g/mol. The molecule has 1 unspecified atom stereocenters. The van der Waals surface area contributed by atoms with E-state index in [9.17, 15) is 4.79 Å². The van der Waals surface area contributed by atoms with Gasteiger partial charge in [0.15, 0.2) is 0 Å². The number of carbonyl (C=O) groups excluding carboxylic acids is 1. The molecule has 1 heterocycles. The number of methoxy groups -OCH3 is 1. The molecule has 0 aromatic heterocycles. The smallest absolute Gasteiger partial charge is 0.414 e. The maximum Gasteiger partial charge on any atom is 0.414 e. The number of carbonyl (C=O) groups is 1. The van der Waals surface area contributed by atoms with Crippen molar-refractivity contribution in [1.82, 2.24) is 0 Å². The second-order valence-corrected chi connectivity index (χ2v) is 3.86. The summed E-state index contributed by atoms with van der Waals surface area (Å²) in [5, 5.41) is 0. The molecule has 0 aliphatic carbocycles. The van der Waals surface area contributed by atoms with Gasteiger partial charge >= 0.3 is 6.09 Å². The van der Waals surface area contributed by atoms with E-state index < -0.39 is 0 Å². The second-order valence-electron chi connectivity index (χ2n) is 3.86. The standard InChI is InChI=1S/C12H16N2O3/c1-16-11-4-2-9(3-5-11)14-10(8-13)6-7-17-12(14)15/h2-5,10H,6-8,13H2,1H3. The Morgan fingerprint density at radius 1 is 1.47 bits per heavy atom. The maximum atomic E-state index is 11.7. The van der Waals surface area contributed by atoms with Crippen LogP contribution in [0.2, 0.25) is 0 Å². The van der Waals surface area contributed by atoms with Crippen LogP contribution in [0, 0.1) is 0 Å². The number of amides is 1. The number of nitrogens with two attached hydrogens (primary N) is 1. The average Bonchev–Trinajstić information content (AvgIpc) is 2.38. The highest BCUT2D eigenvalue weighted by Crippen LogP contribution is 2.25. The second kappa shape index (κ2) is 5.05. The molecule has 5 nitrogen and oxygen atoms in total. The van der Waals surface area contributed by atoms with Crippen LogP contribution in [0.25, 0.3) is 0 Å². The summed E-state index contributed by atoms with van der Waals surface area (Å²) in [7, 11) is 1.60. The number of cyclic esters (lactones) is 1. The van der Waals surface area contributed by atoms with Crippen molar-refractivity contribution < 1.29 is 14.3 Å². The first-order valence-electron chi connectivity index (χ1n) is 5.56. The first-order valence-corrected chi connectivity index (χ1v) is 5.56. The van der Waals surface area contributed by atoms with Crippen LogP contribution < -0.4 is 15.4 Å². The summed E-state index contributed by atoms with van der Waals surface area (Å²) in [5.74, 6) is 0.753. The van der Waals surface area contributed by atoms with Gasteiger partial charge in [-0.1, -0.05) is 0 Å². The van der Waals surface area contributed by atoms with Gasteiger partial charge in [0, 0.05) is 18.7 Å². The molecule has 1 aliphatic rings. The van der Waals surface area contributed by atoms with Crippen molar-refractivity contribution in [2.75, 3.05) is 25.2 Å². The van der Waals surface area contributed by atoms with Crippen LogP contribution >= 0.6 is 0 Å². The Hall–Kier alpha value is -1.75. The van der Waals surface area contributed by atoms with Crippen molar-refractivity contribution in [3.05, 3.63) is 24.3 Å². The lowest BCUT2D eigenvalue weighted by molar-refractivity contribution is 0.130. The normalized spacial score (nSPS) is 20.0. The summed E-state index contributed by atoms with van der Waals surface area (Å²) in [6.45, 7) is 0.870. The summed E-state index contributed by atoms with van der Waals surface area (Å²) >= 11 is 0. The SMILES string of the molecule is COc1ccc(N2C(=O)OCCC2CN)cc1. The van der Waals surface area contributed by atoms with Crippen LogP contribution in [0.1, 0.15) is 6.42 Å². The number of nitrogens with zero attached hydrogens (tertiary/aromatic N) is 1. The van der Waals surface area contributed by atoms with Crippen molar-refractivity contribution in [1.29, 1.82) is 0 Å². The van der Waals surface area contributed by atoms with Gasteiger partial charge in [-0.3, -0.25) is 4.90 Å². The molecule has 1 atom stereocenters. The fraction of sp³-hybridized carbons (Fsp3) is 0.417. The molecular formula is C12H16N2O3. The van der Waals surface area contributed by atoms with Crippen LogP contribution in [0.4, 0.5) is 10.5 Å². The van der Waals surface area contributed by atoms with E-state index in [2.05, 4.69) is 0 Å². The molecule has 1 saturated heterocycles. The van der Waals surface area contributed by atoms with Crippen LogP contribution in [0.3, 0.4) is 0 Å². The number of hydrogen-bond donors (Lipinski definition) is 1. The first-order chi connectivity index (χ1) is 8.26. The summed E-state index contributed by atoms with van der Waals surface area (Å²) in [4.78, 5) is 13.3.